The Morgan fingerprint density at radius 2 is 1.28 bits per heavy atom. The average molecular weight is 294 g/mol. The van der Waals surface area contributed by atoms with Crippen molar-refractivity contribution in [2.45, 2.75) is 30.4 Å². The van der Waals surface area contributed by atoms with Gasteiger partial charge in [0.25, 0.3) is 0 Å². The Labute approximate surface area is 92.1 Å². The van der Waals surface area contributed by atoms with Crippen LogP contribution in [0, 0.1) is 0 Å². The lowest BCUT2D eigenvalue weighted by Gasteiger charge is -2.32. The Hall–Kier alpha value is -1.20. The van der Waals surface area contributed by atoms with E-state index in [9.17, 15) is 44.3 Å². The fourth-order valence-corrected chi connectivity index (χ4v) is 0.732. The summed E-state index contributed by atoms with van der Waals surface area (Å²) in [6.07, 6.45) is -9.81. The van der Waals surface area contributed by atoms with Crippen molar-refractivity contribution >= 4 is 5.97 Å². The predicted octanol–water partition coefficient (Wildman–Crippen LogP) is 2.86. The molecule has 108 valence electrons. The summed E-state index contributed by atoms with van der Waals surface area (Å²) in [5, 5.41) is 7.49. The molecule has 0 saturated carbocycles. The molecule has 12 heteroatoms. The Morgan fingerprint density at radius 1 is 0.889 bits per heavy atom. The van der Waals surface area contributed by atoms with E-state index in [4.69, 9.17) is 5.26 Å². The fraction of sp³-hybridized carbons (Fsp3) is 0.833. The van der Waals surface area contributed by atoms with Gasteiger partial charge in [-0.2, -0.15) is 44.8 Å². The van der Waals surface area contributed by atoms with Gasteiger partial charge in [-0.15, -0.1) is 0 Å². The maximum absolute atomic E-state index is 12.5. The summed E-state index contributed by atoms with van der Waals surface area (Å²) < 4.78 is 109. The van der Waals surface area contributed by atoms with E-state index in [-0.39, 0.29) is 0 Å². The second-order valence-corrected chi connectivity index (χ2v) is 2.99. The first-order valence-corrected chi connectivity index (χ1v) is 3.75. The third-order valence-corrected chi connectivity index (χ3v) is 1.68. The highest BCUT2D eigenvalue weighted by Gasteiger charge is 2.81. The van der Waals surface area contributed by atoms with Crippen molar-refractivity contribution in [1.82, 2.24) is 0 Å². The third-order valence-electron chi connectivity index (χ3n) is 1.68. The molecule has 3 nitrogen and oxygen atoms in total. The van der Waals surface area contributed by atoms with Gasteiger partial charge in [0.05, 0.1) is 0 Å². The predicted molar refractivity (Wildman–Crippen MR) is 34.2 cm³/mol. The normalized spacial score (nSPS) is 14.6. The van der Waals surface area contributed by atoms with Crippen molar-refractivity contribution < 1.29 is 54.5 Å². The van der Waals surface area contributed by atoms with Gasteiger partial charge in [0.2, 0.25) is 0 Å². The number of hydrogen-bond acceptors (Lipinski definition) is 3. The SMILES string of the molecule is O=C(CC(F)(F)C(F)(F)C(F)(F)C(F)(F)F)OO. The third kappa shape index (κ3) is 2.62. The highest BCUT2D eigenvalue weighted by atomic mass is 19.4. The zero-order valence-corrected chi connectivity index (χ0v) is 7.87. The van der Waals surface area contributed by atoms with Gasteiger partial charge in [-0.3, -0.25) is 0 Å². The first-order chi connectivity index (χ1) is 7.70. The van der Waals surface area contributed by atoms with Crippen LogP contribution in [0.1, 0.15) is 6.42 Å². The first kappa shape index (κ1) is 16.8. The minimum atomic E-state index is -7.07. The van der Waals surface area contributed by atoms with Gasteiger partial charge >= 0.3 is 29.9 Å². The van der Waals surface area contributed by atoms with Crippen LogP contribution in [0.15, 0.2) is 0 Å². The summed E-state index contributed by atoms with van der Waals surface area (Å²) in [5.74, 6) is -22.5. The second kappa shape index (κ2) is 4.48. The fourth-order valence-electron chi connectivity index (χ4n) is 0.732. The average Bonchev–Trinajstić information content (AvgIpc) is 2.14. The van der Waals surface area contributed by atoms with E-state index >= 15 is 0 Å². The number of halogens is 9. The van der Waals surface area contributed by atoms with E-state index in [1.165, 1.54) is 0 Å². The van der Waals surface area contributed by atoms with Gasteiger partial charge in [0, 0.05) is 0 Å². The molecule has 0 aliphatic heterocycles. The maximum Gasteiger partial charge on any atom is 0.460 e. The van der Waals surface area contributed by atoms with Crippen molar-refractivity contribution in [3.8, 4) is 0 Å². The van der Waals surface area contributed by atoms with Crippen molar-refractivity contribution in [2.24, 2.45) is 0 Å². The van der Waals surface area contributed by atoms with Gasteiger partial charge in [-0.05, 0) is 0 Å². The molecular formula is C6H3F9O3. The molecule has 0 unspecified atom stereocenters. The minimum absolute atomic E-state index is 2.50. The van der Waals surface area contributed by atoms with Gasteiger partial charge in [0.15, 0.2) is 0 Å². The Balaban J connectivity index is 5.42. The molecule has 0 amide bonds. The monoisotopic (exact) mass is 294 g/mol. The molecule has 0 atom stereocenters. The molecule has 0 saturated heterocycles. The van der Waals surface area contributed by atoms with Crippen LogP contribution in [0.25, 0.3) is 0 Å². The highest BCUT2D eigenvalue weighted by Crippen LogP contribution is 2.53. The molecule has 0 aromatic heterocycles. The first-order valence-electron chi connectivity index (χ1n) is 3.75. The van der Waals surface area contributed by atoms with Crippen LogP contribution in [0.5, 0.6) is 0 Å². The summed E-state index contributed by atoms with van der Waals surface area (Å²) in [7, 11) is 0. The van der Waals surface area contributed by atoms with Crippen LogP contribution < -0.4 is 0 Å². The van der Waals surface area contributed by atoms with Crippen molar-refractivity contribution in [2.75, 3.05) is 0 Å². The van der Waals surface area contributed by atoms with Crippen LogP contribution in [-0.4, -0.2) is 35.2 Å². The molecule has 0 aliphatic rings. The lowest BCUT2D eigenvalue weighted by Crippen LogP contribution is -2.61. The topological polar surface area (TPSA) is 46.5 Å². The molecule has 0 aromatic carbocycles. The Kier molecular flexibility index (Phi) is 4.18. The van der Waals surface area contributed by atoms with Gasteiger partial charge in [-0.1, -0.05) is 0 Å². The summed E-state index contributed by atoms with van der Waals surface area (Å²) in [6, 6.07) is 0. The molecule has 0 radical (unpaired) electrons. The van der Waals surface area contributed by atoms with Crippen LogP contribution in [0.2, 0.25) is 0 Å². The highest BCUT2D eigenvalue weighted by molar-refractivity contribution is 5.69. The van der Waals surface area contributed by atoms with Gasteiger partial charge < -0.3 is 4.89 Å². The summed E-state index contributed by atoms with van der Waals surface area (Å²) in [5.41, 5.74) is 0. The smallest absolute Gasteiger partial charge is 0.301 e. The van der Waals surface area contributed by atoms with Crippen LogP contribution in [0.3, 0.4) is 0 Å². The summed E-state index contributed by atoms with van der Waals surface area (Å²) in [6.45, 7) is 0. The van der Waals surface area contributed by atoms with Gasteiger partial charge in [-0.25, -0.2) is 4.79 Å². The number of alkyl halides is 9. The number of rotatable bonds is 4. The van der Waals surface area contributed by atoms with Crippen LogP contribution in [0.4, 0.5) is 39.5 Å². The number of hydrogen-bond donors (Lipinski definition) is 1. The lowest BCUT2D eigenvalue weighted by atomic mass is 10.0. The van der Waals surface area contributed by atoms with E-state index in [1.54, 1.807) is 0 Å². The number of carbonyl (C=O) groups is 1. The van der Waals surface area contributed by atoms with E-state index in [0.717, 1.165) is 0 Å². The summed E-state index contributed by atoms with van der Waals surface area (Å²) >= 11 is 0. The van der Waals surface area contributed by atoms with E-state index in [2.05, 4.69) is 4.89 Å². The van der Waals surface area contributed by atoms with E-state index in [0.29, 0.717) is 0 Å². The van der Waals surface area contributed by atoms with E-state index < -0.39 is 36.3 Å². The van der Waals surface area contributed by atoms with E-state index in [1.807, 2.05) is 0 Å². The number of carbonyl (C=O) groups excluding carboxylic acids is 1. The van der Waals surface area contributed by atoms with Crippen LogP contribution >= 0.6 is 0 Å². The van der Waals surface area contributed by atoms with Crippen molar-refractivity contribution in [3.05, 3.63) is 0 Å². The molecule has 0 aromatic rings. The largest absolute Gasteiger partial charge is 0.460 e. The van der Waals surface area contributed by atoms with Crippen molar-refractivity contribution in [1.29, 1.82) is 0 Å². The molecule has 0 aliphatic carbocycles. The quantitative estimate of drug-likeness (QED) is 0.492. The summed E-state index contributed by atoms with van der Waals surface area (Å²) in [4.78, 5) is 12.5. The molecule has 1 N–H and O–H groups in total. The Morgan fingerprint density at radius 3 is 1.56 bits per heavy atom. The minimum Gasteiger partial charge on any atom is -0.301 e. The molecular weight excluding hydrogens is 291 g/mol. The zero-order valence-electron chi connectivity index (χ0n) is 7.87. The maximum atomic E-state index is 12.5. The standard InChI is InChI=1S/C6H3F9O3/c7-3(8,1-2(16)18-17)4(9,10)5(11,12)6(13,14)15/h17H,1H2. The van der Waals surface area contributed by atoms with Gasteiger partial charge in [0.1, 0.15) is 6.42 Å². The molecule has 0 spiro atoms. The molecule has 0 fully saturated rings. The zero-order chi connectivity index (χ0) is 15.0. The lowest BCUT2D eigenvalue weighted by molar-refractivity contribution is -0.396. The molecule has 0 rings (SSSR count). The molecule has 0 heterocycles. The Bertz CT molecular complexity index is 321. The molecule has 18 heavy (non-hydrogen) atoms. The second-order valence-electron chi connectivity index (χ2n) is 2.99. The van der Waals surface area contributed by atoms with Crippen LogP contribution in [-0.2, 0) is 9.68 Å². The molecule has 0 bridgehead atoms. The van der Waals surface area contributed by atoms with Crippen molar-refractivity contribution in [3.63, 3.8) is 0 Å².